The minimum Gasteiger partial charge on any atom is -0.481 e. The van der Waals surface area contributed by atoms with Gasteiger partial charge < -0.3 is 9.84 Å². The van der Waals surface area contributed by atoms with E-state index in [9.17, 15) is 9.59 Å². The smallest absolute Gasteiger partial charge is 0.306 e. The number of carboxylic acids is 1. The fourth-order valence-electron chi connectivity index (χ4n) is 7.49. The number of hydrogen-bond donors (Lipinski definition) is 1. The molecule has 0 saturated carbocycles. The average molecular weight is 733 g/mol. The molecule has 0 fully saturated rings. The maximum atomic E-state index is 12.6. The van der Waals surface area contributed by atoms with Gasteiger partial charge in [0.25, 0.3) is 0 Å². The van der Waals surface area contributed by atoms with Crippen LogP contribution >= 0.6 is 0 Å². The highest BCUT2D eigenvalue weighted by Crippen LogP contribution is 2.19. The molecule has 0 radical (unpaired) electrons. The number of carboxylic acid groups (broad SMARTS) is 1. The van der Waals surface area contributed by atoms with Gasteiger partial charge in [-0.3, -0.25) is 9.59 Å². The summed E-state index contributed by atoms with van der Waals surface area (Å²) in [6.07, 6.45) is 55.4. The lowest BCUT2D eigenvalue weighted by atomic mass is 10.0. The molecule has 4 nitrogen and oxygen atoms in total. The minimum atomic E-state index is -0.764. The molecule has 0 aliphatic heterocycles. The second kappa shape index (κ2) is 44.1. The van der Waals surface area contributed by atoms with E-state index in [4.69, 9.17) is 9.84 Å². The number of hydrogen-bond acceptors (Lipinski definition) is 3. The molecule has 0 aromatic heterocycles. The van der Waals surface area contributed by atoms with E-state index in [0.29, 0.717) is 19.3 Å². The monoisotopic (exact) mass is 733 g/mol. The highest BCUT2D eigenvalue weighted by molar-refractivity contribution is 5.69. The molecule has 4 heteroatoms. The predicted octanol–water partition coefficient (Wildman–Crippen LogP) is 16.6. The largest absolute Gasteiger partial charge is 0.481 e. The van der Waals surface area contributed by atoms with Crippen LogP contribution in [-0.2, 0) is 14.3 Å². The third-order valence-electron chi connectivity index (χ3n) is 11.0. The zero-order valence-corrected chi connectivity index (χ0v) is 35.4. The molecule has 1 unspecified atom stereocenters. The second-order valence-corrected chi connectivity index (χ2v) is 16.3. The van der Waals surface area contributed by atoms with Crippen molar-refractivity contribution in [3.8, 4) is 0 Å². The van der Waals surface area contributed by atoms with E-state index in [-0.39, 0.29) is 18.5 Å². The van der Waals surface area contributed by atoms with Crippen LogP contribution in [0.3, 0.4) is 0 Å². The second-order valence-electron chi connectivity index (χ2n) is 16.3. The molecule has 0 aliphatic rings. The van der Waals surface area contributed by atoms with Crippen LogP contribution in [0.15, 0.2) is 12.2 Å². The Kier molecular flexibility index (Phi) is 43.0. The van der Waals surface area contributed by atoms with Gasteiger partial charge in [-0.2, -0.15) is 0 Å². The van der Waals surface area contributed by atoms with Crippen LogP contribution in [0.25, 0.3) is 0 Å². The number of aliphatic carboxylic acids is 1. The van der Waals surface area contributed by atoms with Gasteiger partial charge in [0.2, 0.25) is 0 Å². The van der Waals surface area contributed by atoms with Gasteiger partial charge in [-0.05, 0) is 57.8 Å². The summed E-state index contributed by atoms with van der Waals surface area (Å²) in [5.41, 5.74) is 0. The van der Waals surface area contributed by atoms with Crippen LogP contribution in [-0.4, -0.2) is 23.1 Å². The number of unbranched alkanes of at least 4 members (excludes halogenated alkanes) is 33. The maximum absolute atomic E-state index is 12.6. The summed E-state index contributed by atoms with van der Waals surface area (Å²) in [6, 6.07) is 0. The zero-order valence-electron chi connectivity index (χ0n) is 35.4. The Morgan fingerprint density at radius 2 is 0.712 bits per heavy atom. The molecule has 0 saturated heterocycles. The number of carbonyl (C=O) groups is 2. The highest BCUT2D eigenvalue weighted by atomic mass is 16.5. The van der Waals surface area contributed by atoms with Crippen LogP contribution in [0.2, 0.25) is 0 Å². The predicted molar refractivity (Wildman–Crippen MR) is 227 cm³/mol. The summed E-state index contributed by atoms with van der Waals surface area (Å²) in [4.78, 5) is 23.6. The molecule has 0 rings (SSSR count). The van der Waals surface area contributed by atoms with Crippen LogP contribution in [0.1, 0.15) is 277 Å². The normalized spacial score (nSPS) is 12.2. The number of allylic oxidation sites excluding steroid dienone is 2. The summed E-state index contributed by atoms with van der Waals surface area (Å²) in [6.45, 7) is 4.57. The zero-order chi connectivity index (χ0) is 37.8. The lowest BCUT2D eigenvalue weighted by Gasteiger charge is -2.18. The fourth-order valence-corrected chi connectivity index (χ4v) is 7.49. The fraction of sp³-hybridized carbons (Fsp3) is 0.917. The topological polar surface area (TPSA) is 63.6 Å². The maximum Gasteiger partial charge on any atom is 0.306 e. The molecule has 0 amide bonds. The first-order valence-corrected chi connectivity index (χ1v) is 23.7. The summed E-state index contributed by atoms with van der Waals surface area (Å²) in [7, 11) is 0. The van der Waals surface area contributed by atoms with Crippen molar-refractivity contribution < 1.29 is 19.4 Å². The third kappa shape index (κ3) is 43.1. The number of carbonyl (C=O) groups excluding carboxylic acids is 1. The van der Waals surface area contributed by atoms with E-state index < -0.39 is 5.97 Å². The van der Waals surface area contributed by atoms with Gasteiger partial charge in [-0.25, -0.2) is 0 Å². The van der Waals surface area contributed by atoms with E-state index in [2.05, 4.69) is 26.0 Å². The van der Waals surface area contributed by atoms with Gasteiger partial charge in [0.1, 0.15) is 6.10 Å². The molecule has 0 bridgehead atoms. The quantitative estimate of drug-likeness (QED) is 0.0385. The van der Waals surface area contributed by atoms with E-state index in [1.54, 1.807) is 0 Å². The Morgan fingerprint density at radius 3 is 1.08 bits per heavy atom. The lowest BCUT2D eigenvalue weighted by Crippen LogP contribution is -2.18. The molecular formula is C48H92O4. The van der Waals surface area contributed by atoms with E-state index in [1.165, 1.54) is 212 Å². The highest BCUT2D eigenvalue weighted by Gasteiger charge is 2.15. The van der Waals surface area contributed by atoms with E-state index in [0.717, 1.165) is 25.7 Å². The first-order chi connectivity index (χ1) is 25.6. The Hall–Kier alpha value is -1.32. The molecule has 52 heavy (non-hydrogen) atoms. The first kappa shape index (κ1) is 50.7. The molecule has 0 heterocycles. The average Bonchev–Trinajstić information content (AvgIpc) is 3.13. The standard InChI is InChI=1S/C48H92O4/c1-3-5-7-9-11-13-15-17-19-21-22-23-24-26-28-30-32-34-36-38-40-45-48(51)52-46(43-41-44-47(49)50)42-39-37-35-33-31-29-27-25-20-18-16-14-12-10-8-6-4-2/h17,19,46H,3-16,18,20-45H2,1-2H3,(H,49,50)/b19-17-. The number of esters is 1. The number of rotatable bonds is 44. The summed E-state index contributed by atoms with van der Waals surface area (Å²) in [5.74, 6) is -0.847. The third-order valence-corrected chi connectivity index (χ3v) is 11.0. The minimum absolute atomic E-state index is 0.0828. The number of ether oxygens (including phenoxy) is 1. The van der Waals surface area contributed by atoms with Crippen molar-refractivity contribution in [3.63, 3.8) is 0 Å². The molecule has 0 aromatic rings. The SMILES string of the molecule is CCCCCCCC/C=C\CCCCCCCCCCCCCC(=O)OC(CCCCCCCCCCCCCCCCCCC)CCCC(=O)O. The molecule has 308 valence electrons. The van der Waals surface area contributed by atoms with Crippen LogP contribution in [0.4, 0.5) is 0 Å². The van der Waals surface area contributed by atoms with Gasteiger partial charge >= 0.3 is 11.9 Å². The Bertz CT molecular complexity index is 747. The Labute approximate surface area is 325 Å². The van der Waals surface area contributed by atoms with Crippen molar-refractivity contribution in [1.82, 2.24) is 0 Å². The van der Waals surface area contributed by atoms with Crippen molar-refractivity contribution >= 4 is 11.9 Å². The summed E-state index contributed by atoms with van der Waals surface area (Å²) >= 11 is 0. The first-order valence-electron chi connectivity index (χ1n) is 23.7. The molecule has 1 atom stereocenters. The summed E-state index contributed by atoms with van der Waals surface area (Å²) in [5, 5.41) is 9.07. The Morgan fingerprint density at radius 1 is 0.404 bits per heavy atom. The van der Waals surface area contributed by atoms with Crippen LogP contribution < -0.4 is 0 Å². The molecule has 0 aromatic carbocycles. The van der Waals surface area contributed by atoms with Crippen molar-refractivity contribution in [2.75, 3.05) is 0 Å². The molecular weight excluding hydrogens is 641 g/mol. The van der Waals surface area contributed by atoms with Gasteiger partial charge in [-0.15, -0.1) is 0 Å². The van der Waals surface area contributed by atoms with Gasteiger partial charge in [-0.1, -0.05) is 219 Å². The summed E-state index contributed by atoms with van der Waals surface area (Å²) < 4.78 is 5.87. The van der Waals surface area contributed by atoms with Gasteiger partial charge in [0.15, 0.2) is 0 Å². The van der Waals surface area contributed by atoms with Gasteiger partial charge in [0, 0.05) is 12.8 Å². The van der Waals surface area contributed by atoms with E-state index in [1.807, 2.05) is 0 Å². The van der Waals surface area contributed by atoms with Crippen molar-refractivity contribution in [2.24, 2.45) is 0 Å². The van der Waals surface area contributed by atoms with Gasteiger partial charge in [0.05, 0.1) is 0 Å². The molecule has 0 spiro atoms. The Balaban J connectivity index is 3.70. The molecule has 0 aliphatic carbocycles. The lowest BCUT2D eigenvalue weighted by molar-refractivity contribution is -0.150. The van der Waals surface area contributed by atoms with Crippen molar-refractivity contribution in [1.29, 1.82) is 0 Å². The van der Waals surface area contributed by atoms with Crippen LogP contribution in [0, 0.1) is 0 Å². The van der Waals surface area contributed by atoms with Crippen LogP contribution in [0.5, 0.6) is 0 Å². The van der Waals surface area contributed by atoms with E-state index >= 15 is 0 Å². The molecule has 1 N–H and O–H groups in total. The van der Waals surface area contributed by atoms with Crippen molar-refractivity contribution in [3.05, 3.63) is 12.2 Å². The van der Waals surface area contributed by atoms with Crippen molar-refractivity contribution in [2.45, 2.75) is 283 Å².